The summed E-state index contributed by atoms with van der Waals surface area (Å²) in [6, 6.07) is 5.18. The second kappa shape index (κ2) is 7.13. The van der Waals surface area contributed by atoms with Crippen molar-refractivity contribution in [1.82, 2.24) is 24.5 Å². The van der Waals surface area contributed by atoms with Crippen LogP contribution in [0.3, 0.4) is 0 Å². The van der Waals surface area contributed by atoms with Crippen LogP contribution in [-0.4, -0.2) is 49.4 Å². The summed E-state index contributed by atoms with van der Waals surface area (Å²) in [5, 5.41) is 23.3. The molecule has 2 saturated carbocycles. The molecule has 0 bridgehead atoms. The van der Waals surface area contributed by atoms with Crippen molar-refractivity contribution in [2.75, 3.05) is 17.7 Å². The predicted octanol–water partition coefficient (Wildman–Crippen LogP) is 1.26. The highest BCUT2D eigenvalue weighted by atomic mass is 16.3. The topological polar surface area (TPSA) is 126 Å². The maximum absolute atomic E-state index is 12.9. The average Bonchev–Trinajstić information content (AvgIpc) is 3.44. The van der Waals surface area contributed by atoms with E-state index in [-0.39, 0.29) is 23.6 Å². The number of hydrogen-bond donors (Lipinski definition) is 4. The summed E-state index contributed by atoms with van der Waals surface area (Å²) < 4.78 is 3.11. The van der Waals surface area contributed by atoms with E-state index in [1.165, 1.54) is 6.20 Å². The van der Waals surface area contributed by atoms with Gasteiger partial charge >= 0.3 is 0 Å². The van der Waals surface area contributed by atoms with Crippen LogP contribution in [0.4, 0.5) is 17.3 Å². The highest BCUT2D eigenvalue weighted by molar-refractivity contribution is 6.00. The van der Waals surface area contributed by atoms with Crippen LogP contribution in [0.25, 0.3) is 5.65 Å². The van der Waals surface area contributed by atoms with Gasteiger partial charge in [-0.05, 0) is 37.8 Å². The molecule has 2 atom stereocenters. The van der Waals surface area contributed by atoms with Crippen molar-refractivity contribution in [2.45, 2.75) is 43.9 Å². The third kappa shape index (κ3) is 3.18. The van der Waals surface area contributed by atoms with Crippen molar-refractivity contribution in [3.8, 4) is 0 Å². The molecule has 0 saturated heterocycles. The Hall–Kier alpha value is -3.40. The van der Waals surface area contributed by atoms with Gasteiger partial charge in [-0.3, -0.25) is 9.59 Å². The second-order valence-electron chi connectivity index (χ2n) is 7.79. The number of nitrogens with zero attached hydrogens (tertiary/aromatic N) is 4. The third-order valence-corrected chi connectivity index (χ3v) is 5.68. The number of hydrogen-bond acceptors (Lipinski definition) is 7. The van der Waals surface area contributed by atoms with Gasteiger partial charge in [0.05, 0.1) is 18.3 Å². The molecule has 0 aliphatic heterocycles. The number of anilines is 3. The number of pyridine rings is 1. The van der Waals surface area contributed by atoms with Gasteiger partial charge in [0.25, 0.3) is 11.5 Å². The van der Waals surface area contributed by atoms with Crippen LogP contribution >= 0.6 is 0 Å². The lowest BCUT2D eigenvalue weighted by atomic mass is 9.89. The summed E-state index contributed by atoms with van der Waals surface area (Å²) in [5.41, 5.74) is 0.895. The molecule has 4 N–H and O–H groups in total. The van der Waals surface area contributed by atoms with Crippen molar-refractivity contribution >= 4 is 28.9 Å². The minimum Gasteiger partial charge on any atom is -0.391 e. The average molecular weight is 409 g/mol. The highest BCUT2D eigenvalue weighted by Gasteiger charge is 2.31. The molecule has 10 heteroatoms. The first-order valence-electron chi connectivity index (χ1n) is 10.1. The standard InChI is InChI=1S/C20H23N7O3/c1-21-17-9-16(24-13-3-2-8-26(20(13)30)14-6-7-15(14)28)25-18-12(10-22-27(17)18)19(29)23-11-4-5-11/h2-3,8-11,14-15,21,28H,4-7H2,1H3,(H,23,29)(H,24,25)/t14-,15-/m0/s1. The first kappa shape index (κ1) is 18.6. The number of nitrogens with one attached hydrogen (secondary N) is 3. The number of carbonyl (C=O) groups is 1. The third-order valence-electron chi connectivity index (χ3n) is 5.68. The van der Waals surface area contributed by atoms with E-state index in [9.17, 15) is 14.7 Å². The smallest absolute Gasteiger partial charge is 0.274 e. The fourth-order valence-electron chi connectivity index (χ4n) is 3.65. The van der Waals surface area contributed by atoms with Gasteiger partial charge in [-0.1, -0.05) is 0 Å². The summed E-state index contributed by atoms with van der Waals surface area (Å²) in [7, 11) is 1.75. The molecule has 1 amide bonds. The molecule has 0 aromatic carbocycles. The summed E-state index contributed by atoms with van der Waals surface area (Å²) in [5.74, 6) is 0.829. The van der Waals surface area contributed by atoms with Gasteiger partial charge in [0.15, 0.2) is 5.65 Å². The van der Waals surface area contributed by atoms with E-state index in [1.807, 2.05) is 0 Å². The van der Waals surface area contributed by atoms with Gasteiger partial charge in [0.1, 0.15) is 22.9 Å². The molecule has 5 rings (SSSR count). The normalized spacial score (nSPS) is 20.6. The van der Waals surface area contributed by atoms with Gasteiger partial charge in [-0.25, -0.2) is 4.98 Å². The van der Waals surface area contributed by atoms with Crippen LogP contribution in [0.5, 0.6) is 0 Å². The summed E-state index contributed by atoms with van der Waals surface area (Å²) >= 11 is 0. The maximum atomic E-state index is 12.9. The molecule has 0 radical (unpaired) electrons. The van der Waals surface area contributed by atoms with Gasteiger partial charge in [0.2, 0.25) is 0 Å². The van der Waals surface area contributed by atoms with Crippen LogP contribution in [0.2, 0.25) is 0 Å². The lowest BCUT2D eigenvalue weighted by Gasteiger charge is -2.34. The molecular formula is C20H23N7O3. The quantitative estimate of drug-likeness (QED) is 0.483. The SMILES string of the molecule is CNc1cc(Nc2cccn([C@H]3CC[C@@H]3O)c2=O)nc2c(C(=O)NC3CC3)cnn12. The van der Waals surface area contributed by atoms with Crippen molar-refractivity contribution in [3.63, 3.8) is 0 Å². The number of rotatable bonds is 6. The molecule has 3 aromatic heterocycles. The van der Waals surface area contributed by atoms with Crippen LogP contribution in [0, 0.1) is 0 Å². The lowest BCUT2D eigenvalue weighted by Crippen LogP contribution is -2.39. The summed E-state index contributed by atoms with van der Waals surface area (Å²) in [6.07, 6.45) is 6.14. The summed E-state index contributed by atoms with van der Waals surface area (Å²) in [4.78, 5) is 30.0. The number of amides is 1. The Morgan fingerprint density at radius 2 is 2.10 bits per heavy atom. The number of aliphatic hydroxyl groups is 1. The number of fused-ring (bicyclic) bond motifs is 1. The van der Waals surface area contributed by atoms with Crippen molar-refractivity contribution in [1.29, 1.82) is 0 Å². The van der Waals surface area contributed by atoms with Crippen LogP contribution in [0.15, 0.2) is 35.4 Å². The first-order chi connectivity index (χ1) is 14.5. The number of carbonyl (C=O) groups excluding carboxylic acids is 1. The zero-order valence-corrected chi connectivity index (χ0v) is 16.5. The molecule has 30 heavy (non-hydrogen) atoms. The Morgan fingerprint density at radius 1 is 1.27 bits per heavy atom. The molecule has 156 valence electrons. The van der Waals surface area contributed by atoms with E-state index < -0.39 is 6.10 Å². The molecule has 10 nitrogen and oxygen atoms in total. The Morgan fingerprint density at radius 3 is 2.77 bits per heavy atom. The molecule has 2 fully saturated rings. The Bertz CT molecular complexity index is 1180. The fraction of sp³-hybridized carbons (Fsp3) is 0.400. The van der Waals surface area contributed by atoms with E-state index >= 15 is 0 Å². The first-order valence-corrected chi connectivity index (χ1v) is 10.1. The van der Waals surface area contributed by atoms with Crippen LogP contribution in [-0.2, 0) is 0 Å². The zero-order chi connectivity index (χ0) is 20.8. The van der Waals surface area contributed by atoms with Gasteiger partial charge in [-0.2, -0.15) is 9.61 Å². The summed E-state index contributed by atoms with van der Waals surface area (Å²) in [6.45, 7) is 0. The Labute approximate surface area is 171 Å². The second-order valence-corrected chi connectivity index (χ2v) is 7.79. The highest BCUT2D eigenvalue weighted by Crippen LogP contribution is 2.31. The van der Waals surface area contributed by atoms with Gasteiger partial charge < -0.3 is 25.6 Å². The lowest BCUT2D eigenvalue weighted by molar-refractivity contribution is 0.0300. The van der Waals surface area contributed by atoms with Crippen molar-refractivity contribution in [2.24, 2.45) is 0 Å². The van der Waals surface area contributed by atoms with Crippen LogP contribution < -0.4 is 21.5 Å². The predicted molar refractivity (Wildman–Crippen MR) is 111 cm³/mol. The van der Waals surface area contributed by atoms with Gasteiger partial charge in [-0.15, -0.1) is 0 Å². The molecule has 0 spiro atoms. The monoisotopic (exact) mass is 409 g/mol. The Balaban J connectivity index is 1.51. The molecule has 0 unspecified atom stereocenters. The van der Waals surface area contributed by atoms with Gasteiger partial charge in [0, 0.05) is 25.4 Å². The molecular weight excluding hydrogens is 386 g/mol. The zero-order valence-electron chi connectivity index (χ0n) is 16.5. The van der Waals surface area contributed by atoms with Crippen molar-refractivity contribution < 1.29 is 9.90 Å². The number of aliphatic hydroxyl groups excluding tert-OH is 1. The fourth-order valence-corrected chi connectivity index (χ4v) is 3.65. The van der Waals surface area contributed by atoms with E-state index in [4.69, 9.17) is 0 Å². The Kier molecular flexibility index (Phi) is 4.43. The molecule has 2 aliphatic carbocycles. The maximum Gasteiger partial charge on any atom is 0.274 e. The number of aromatic nitrogens is 4. The van der Waals surface area contributed by atoms with Crippen LogP contribution in [0.1, 0.15) is 42.1 Å². The molecule has 3 aromatic rings. The van der Waals surface area contributed by atoms with E-state index in [1.54, 1.807) is 40.5 Å². The van der Waals surface area contributed by atoms with E-state index in [0.717, 1.165) is 19.3 Å². The van der Waals surface area contributed by atoms with E-state index in [2.05, 4.69) is 26.0 Å². The molecule has 2 aliphatic rings. The van der Waals surface area contributed by atoms with Crippen molar-refractivity contribution in [3.05, 3.63) is 46.5 Å². The largest absolute Gasteiger partial charge is 0.391 e. The minimum absolute atomic E-state index is 0.199. The molecule has 3 heterocycles. The van der Waals surface area contributed by atoms with E-state index in [0.29, 0.717) is 35.0 Å². The minimum atomic E-state index is -0.498.